The summed E-state index contributed by atoms with van der Waals surface area (Å²) in [5.74, 6) is 0.728. The Morgan fingerprint density at radius 1 is 1.38 bits per heavy atom. The fourth-order valence-electron chi connectivity index (χ4n) is 2.61. The summed E-state index contributed by atoms with van der Waals surface area (Å²) in [5, 5.41) is 6.48. The summed E-state index contributed by atoms with van der Waals surface area (Å²) in [6, 6.07) is 0. The molecule has 13 heavy (non-hydrogen) atoms. The molecule has 0 aliphatic carbocycles. The molecule has 0 unspecified atom stereocenters. The third-order valence-corrected chi connectivity index (χ3v) is 4.10. The monoisotopic (exact) mass is 182 g/mol. The smallest absolute Gasteiger partial charge is 0.221 e. The molecule has 74 valence electrons. The van der Waals surface area contributed by atoms with Crippen molar-refractivity contribution in [2.24, 2.45) is 11.3 Å². The maximum atomic E-state index is 11.4. The van der Waals surface area contributed by atoms with Gasteiger partial charge in [-0.3, -0.25) is 10.1 Å². The summed E-state index contributed by atoms with van der Waals surface area (Å²) >= 11 is 0. The van der Waals surface area contributed by atoms with Crippen LogP contribution in [0.4, 0.5) is 0 Å². The van der Waals surface area contributed by atoms with Gasteiger partial charge in [0.2, 0.25) is 5.91 Å². The molecule has 2 aliphatic rings. The molecule has 3 nitrogen and oxygen atoms in total. The molecule has 2 saturated heterocycles. The zero-order valence-electron chi connectivity index (χ0n) is 8.61. The Morgan fingerprint density at radius 3 is 2.69 bits per heavy atom. The van der Waals surface area contributed by atoms with E-state index in [0.29, 0.717) is 12.3 Å². The van der Waals surface area contributed by atoms with Crippen molar-refractivity contribution in [2.75, 3.05) is 6.54 Å². The highest BCUT2D eigenvalue weighted by molar-refractivity contribution is 5.78. The zero-order valence-corrected chi connectivity index (χ0v) is 8.61. The molecule has 2 fully saturated rings. The van der Waals surface area contributed by atoms with E-state index in [0.717, 1.165) is 13.0 Å². The number of nitrogens with one attached hydrogen (secondary N) is 2. The highest BCUT2D eigenvalue weighted by atomic mass is 16.2. The van der Waals surface area contributed by atoms with E-state index >= 15 is 0 Å². The van der Waals surface area contributed by atoms with Gasteiger partial charge in [-0.25, -0.2) is 0 Å². The van der Waals surface area contributed by atoms with E-state index in [2.05, 4.69) is 31.4 Å². The second kappa shape index (κ2) is 2.47. The lowest BCUT2D eigenvalue weighted by Gasteiger charge is -2.56. The first-order chi connectivity index (χ1) is 5.96. The molecule has 1 amide bonds. The molecule has 2 atom stereocenters. The molecule has 2 N–H and O–H groups in total. The van der Waals surface area contributed by atoms with Gasteiger partial charge in [0.05, 0.1) is 5.66 Å². The van der Waals surface area contributed by atoms with Gasteiger partial charge in [0.25, 0.3) is 0 Å². The number of piperidine rings is 2. The van der Waals surface area contributed by atoms with E-state index in [9.17, 15) is 4.79 Å². The van der Waals surface area contributed by atoms with Gasteiger partial charge < -0.3 is 5.32 Å². The van der Waals surface area contributed by atoms with Gasteiger partial charge in [-0.2, -0.15) is 0 Å². The van der Waals surface area contributed by atoms with E-state index in [1.807, 2.05) is 0 Å². The number of amides is 1. The average Bonchev–Trinajstić information content (AvgIpc) is 1.95. The van der Waals surface area contributed by atoms with E-state index in [1.165, 1.54) is 0 Å². The van der Waals surface area contributed by atoms with Crippen molar-refractivity contribution in [1.82, 2.24) is 10.6 Å². The molecular formula is C10H18N2O. The second-order valence-electron chi connectivity index (χ2n) is 5.01. The van der Waals surface area contributed by atoms with Crippen LogP contribution < -0.4 is 10.6 Å². The van der Waals surface area contributed by atoms with Crippen LogP contribution in [0.25, 0.3) is 0 Å². The van der Waals surface area contributed by atoms with E-state index in [1.54, 1.807) is 0 Å². The van der Waals surface area contributed by atoms with Crippen LogP contribution in [-0.2, 0) is 4.79 Å². The lowest BCUT2D eigenvalue weighted by molar-refractivity contribution is -0.138. The molecule has 0 aromatic carbocycles. The second-order valence-corrected chi connectivity index (χ2v) is 5.01. The highest BCUT2D eigenvalue weighted by Gasteiger charge is 2.53. The predicted octanol–water partition coefficient (Wildman–Crippen LogP) is 0.858. The Bertz CT molecular complexity index is 249. The minimum absolute atomic E-state index is 0.166. The SMILES string of the molecule is CC1(C)[C@H]2CCN[C@]1(C)NC(=O)C2. The Labute approximate surface area is 79.3 Å². The van der Waals surface area contributed by atoms with Crippen LogP contribution in [0.2, 0.25) is 0 Å². The minimum atomic E-state index is -0.203. The topological polar surface area (TPSA) is 41.1 Å². The summed E-state index contributed by atoms with van der Waals surface area (Å²) < 4.78 is 0. The standard InChI is InChI=1S/C10H18N2O/c1-9(2)7-4-5-11-10(9,3)12-8(13)6-7/h7,11H,4-6H2,1-3H3,(H,12,13)/t7-,10+/m0/s1. The predicted molar refractivity (Wildman–Crippen MR) is 51.1 cm³/mol. The first-order valence-electron chi connectivity index (χ1n) is 5.02. The number of hydrogen-bond acceptors (Lipinski definition) is 2. The van der Waals surface area contributed by atoms with Gasteiger partial charge in [0, 0.05) is 11.8 Å². The molecule has 0 radical (unpaired) electrons. The molecule has 0 aromatic rings. The molecule has 0 spiro atoms. The number of rotatable bonds is 0. The maximum absolute atomic E-state index is 11.4. The minimum Gasteiger partial charge on any atom is -0.338 e. The quantitative estimate of drug-likeness (QED) is 0.583. The fourth-order valence-corrected chi connectivity index (χ4v) is 2.61. The van der Waals surface area contributed by atoms with Crippen LogP contribution in [0.15, 0.2) is 0 Å². The fraction of sp³-hybridized carbons (Fsp3) is 0.900. The summed E-state index contributed by atoms with van der Waals surface area (Å²) in [5.41, 5.74) is -0.0373. The number of carbonyl (C=O) groups is 1. The van der Waals surface area contributed by atoms with Gasteiger partial charge in [0.1, 0.15) is 0 Å². The van der Waals surface area contributed by atoms with Crippen molar-refractivity contribution >= 4 is 5.91 Å². The molecule has 2 heterocycles. The first kappa shape index (κ1) is 9.00. The molecule has 3 heteroatoms. The van der Waals surface area contributed by atoms with Crippen LogP contribution in [0.3, 0.4) is 0 Å². The molecule has 2 aliphatic heterocycles. The molecule has 0 aromatic heterocycles. The molecule has 2 rings (SSSR count). The van der Waals surface area contributed by atoms with E-state index < -0.39 is 0 Å². The third-order valence-electron chi connectivity index (χ3n) is 4.10. The number of fused-ring (bicyclic) bond motifs is 2. The van der Waals surface area contributed by atoms with Gasteiger partial charge in [-0.15, -0.1) is 0 Å². The summed E-state index contributed by atoms with van der Waals surface area (Å²) in [6.07, 6.45) is 1.82. The lowest BCUT2D eigenvalue weighted by Crippen LogP contribution is -2.73. The van der Waals surface area contributed by atoms with E-state index in [4.69, 9.17) is 0 Å². The molecular weight excluding hydrogens is 164 g/mol. The van der Waals surface area contributed by atoms with Crippen LogP contribution in [-0.4, -0.2) is 18.1 Å². The Balaban J connectivity index is 2.35. The zero-order chi connectivity index (χ0) is 9.69. The van der Waals surface area contributed by atoms with Crippen molar-refractivity contribution in [2.45, 2.75) is 39.3 Å². The van der Waals surface area contributed by atoms with Gasteiger partial charge in [0.15, 0.2) is 0 Å². The Morgan fingerprint density at radius 2 is 2.08 bits per heavy atom. The third kappa shape index (κ3) is 1.10. The normalized spacial score (nSPS) is 42.7. The van der Waals surface area contributed by atoms with Crippen LogP contribution in [0.5, 0.6) is 0 Å². The largest absolute Gasteiger partial charge is 0.338 e. The molecule has 2 bridgehead atoms. The highest BCUT2D eigenvalue weighted by Crippen LogP contribution is 2.45. The first-order valence-corrected chi connectivity index (χ1v) is 5.02. The summed E-state index contributed by atoms with van der Waals surface area (Å²) in [6.45, 7) is 7.59. The number of carbonyl (C=O) groups excluding carboxylic acids is 1. The van der Waals surface area contributed by atoms with Gasteiger partial charge in [-0.05, 0) is 25.8 Å². The van der Waals surface area contributed by atoms with E-state index in [-0.39, 0.29) is 17.0 Å². The van der Waals surface area contributed by atoms with Crippen molar-refractivity contribution in [3.05, 3.63) is 0 Å². The van der Waals surface area contributed by atoms with Crippen molar-refractivity contribution in [3.63, 3.8) is 0 Å². The summed E-state index contributed by atoms with van der Waals surface area (Å²) in [7, 11) is 0. The summed E-state index contributed by atoms with van der Waals surface area (Å²) in [4.78, 5) is 11.4. The van der Waals surface area contributed by atoms with Crippen molar-refractivity contribution in [3.8, 4) is 0 Å². The Hall–Kier alpha value is -0.570. The van der Waals surface area contributed by atoms with Crippen LogP contribution in [0, 0.1) is 11.3 Å². The van der Waals surface area contributed by atoms with Crippen molar-refractivity contribution in [1.29, 1.82) is 0 Å². The Kier molecular flexibility index (Phi) is 1.71. The van der Waals surface area contributed by atoms with Crippen molar-refractivity contribution < 1.29 is 4.79 Å². The van der Waals surface area contributed by atoms with Gasteiger partial charge >= 0.3 is 0 Å². The average molecular weight is 182 g/mol. The van der Waals surface area contributed by atoms with Crippen LogP contribution in [0.1, 0.15) is 33.6 Å². The number of hydrogen-bond donors (Lipinski definition) is 2. The van der Waals surface area contributed by atoms with Crippen LogP contribution >= 0.6 is 0 Å². The molecule has 0 saturated carbocycles. The lowest BCUT2D eigenvalue weighted by atomic mass is 9.62. The maximum Gasteiger partial charge on any atom is 0.221 e. The van der Waals surface area contributed by atoms with Gasteiger partial charge in [-0.1, -0.05) is 13.8 Å².